The lowest BCUT2D eigenvalue weighted by atomic mass is 9.68. The van der Waals surface area contributed by atoms with Crippen LogP contribution in [-0.2, 0) is 9.53 Å². The van der Waals surface area contributed by atoms with Gasteiger partial charge in [0, 0.05) is 0 Å². The molecule has 0 aliphatic carbocycles. The maximum atomic E-state index is 12.7. The summed E-state index contributed by atoms with van der Waals surface area (Å²) in [5.74, 6) is -0.0238. The van der Waals surface area contributed by atoms with Crippen molar-refractivity contribution in [1.82, 2.24) is 0 Å². The second-order valence-electron chi connectivity index (χ2n) is 6.31. The Morgan fingerprint density at radius 1 is 1.00 bits per heavy atom. The molecule has 0 heterocycles. The smallest absolute Gasteiger partial charge is 0.312 e. The molecule has 0 fully saturated rings. The first-order valence-electron chi connectivity index (χ1n) is 8.45. The van der Waals surface area contributed by atoms with E-state index in [1.165, 1.54) is 0 Å². The maximum absolute atomic E-state index is 12.7. The molecule has 0 aromatic rings. The van der Waals surface area contributed by atoms with Crippen molar-refractivity contribution in [3.63, 3.8) is 0 Å². The molecule has 5 heteroatoms. The van der Waals surface area contributed by atoms with Crippen LogP contribution in [0.1, 0.15) is 59.8 Å². The van der Waals surface area contributed by atoms with Gasteiger partial charge in [-0.1, -0.05) is 40.5 Å². The monoisotopic (exact) mass is 318 g/mol. The van der Waals surface area contributed by atoms with Crippen molar-refractivity contribution in [1.29, 1.82) is 0 Å². The summed E-state index contributed by atoms with van der Waals surface area (Å²) in [6, 6.07) is 0. The largest absolute Gasteiger partial charge is 0.464 e. The Morgan fingerprint density at radius 2 is 1.50 bits per heavy atom. The van der Waals surface area contributed by atoms with Crippen molar-refractivity contribution in [2.45, 2.75) is 59.8 Å². The highest BCUT2D eigenvalue weighted by molar-refractivity contribution is 5.77. The minimum atomic E-state index is -1.17. The summed E-state index contributed by atoms with van der Waals surface area (Å²) >= 11 is 0. The third-order valence-electron chi connectivity index (χ3n) is 5.10. The lowest BCUT2D eigenvalue weighted by Crippen LogP contribution is -2.44. The van der Waals surface area contributed by atoms with Gasteiger partial charge in [-0.3, -0.25) is 4.79 Å². The van der Waals surface area contributed by atoms with Crippen molar-refractivity contribution in [2.75, 3.05) is 26.4 Å². The molecule has 0 saturated heterocycles. The molecule has 22 heavy (non-hydrogen) atoms. The van der Waals surface area contributed by atoms with Crippen LogP contribution in [0.3, 0.4) is 0 Å². The predicted octanol–water partition coefficient (Wildman–Crippen LogP) is 2.13. The number of esters is 1. The van der Waals surface area contributed by atoms with Gasteiger partial charge in [-0.25, -0.2) is 0 Å². The molecular weight excluding hydrogens is 284 g/mol. The van der Waals surface area contributed by atoms with Gasteiger partial charge < -0.3 is 20.1 Å². The van der Waals surface area contributed by atoms with Gasteiger partial charge in [0.25, 0.3) is 0 Å². The Morgan fingerprint density at radius 3 is 1.82 bits per heavy atom. The van der Waals surface area contributed by atoms with Crippen molar-refractivity contribution >= 4 is 5.97 Å². The zero-order valence-corrected chi connectivity index (χ0v) is 14.6. The van der Waals surface area contributed by atoms with Crippen molar-refractivity contribution in [2.24, 2.45) is 16.7 Å². The van der Waals surface area contributed by atoms with Gasteiger partial charge in [-0.2, -0.15) is 0 Å². The van der Waals surface area contributed by atoms with E-state index in [-0.39, 0.29) is 18.5 Å². The third-order valence-corrected chi connectivity index (χ3v) is 5.10. The topological polar surface area (TPSA) is 87.0 Å². The van der Waals surface area contributed by atoms with Crippen molar-refractivity contribution in [3.8, 4) is 0 Å². The van der Waals surface area contributed by atoms with Crippen LogP contribution in [-0.4, -0.2) is 47.7 Å². The highest BCUT2D eigenvalue weighted by Crippen LogP contribution is 2.41. The van der Waals surface area contributed by atoms with E-state index in [0.29, 0.717) is 12.8 Å². The first-order valence-corrected chi connectivity index (χ1v) is 8.45. The highest BCUT2D eigenvalue weighted by atomic mass is 16.5. The number of carbonyl (C=O) groups excluding carboxylic acids is 1. The van der Waals surface area contributed by atoms with Gasteiger partial charge in [-0.15, -0.1) is 0 Å². The van der Waals surface area contributed by atoms with Gasteiger partial charge in [0.15, 0.2) is 0 Å². The summed E-state index contributed by atoms with van der Waals surface area (Å²) in [6.07, 6.45) is 4.30. The minimum Gasteiger partial charge on any atom is -0.464 e. The number of aliphatic hydroxyl groups excluding tert-OH is 3. The summed E-state index contributed by atoms with van der Waals surface area (Å²) in [5.41, 5.74) is -1.70. The van der Waals surface area contributed by atoms with Crippen molar-refractivity contribution < 1.29 is 24.9 Å². The van der Waals surface area contributed by atoms with Crippen LogP contribution in [0, 0.1) is 16.7 Å². The molecule has 0 rings (SSSR count). The Balaban J connectivity index is 5.15. The summed E-state index contributed by atoms with van der Waals surface area (Å²) in [4.78, 5) is 12.7. The maximum Gasteiger partial charge on any atom is 0.312 e. The zero-order valence-electron chi connectivity index (χ0n) is 14.6. The number of carbonyl (C=O) groups is 1. The molecule has 0 bridgehead atoms. The lowest BCUT2D eigenvalue weighted by Gasteiger charge is -2.38. The average molecular weight is 318 g/mol. The second-order valence-corrected chi connectivity index (χ2v) is 6.31. The van der Waals surface area contributed by atoms with Gasteiger partial charge in [0.2, 0.25) is 0 Å². The first kappa shape index (κ1) is 21.4. The number of rotatable bonds is 12. The van der Waals surface area contributed by atoms with Gasteiger partial charge >= 0.3 is 5.97 Å². The molecule has 0 radical (unpaired) electrons. The van der Waals surface area contributed by atoms with Gasteiger partial charge in [0.1, 0.15) is 6.61 Å². The van der Waals surface area contributed by atoms with Gasteiger partial charge in [0.05, 0.1) is 30.7 Å². The summed E-state index contributed by atoms with van der Waals surface area (Å²) in [5, 5.41) is 28.0. The van der Waals surface area contributed by atoms with E-state index in [4.69, 9.17) is 4.74 Å². The van der Waals surface area contributed by atoms with E-state index in [2.05, 4.69) is 13.8 Å². The lowest BCUT2D eigenvalue weighted by molar-refractivity contribution is -0.168. The Bertz CT molecular complexity index is 300. The summed E-state index contributed by atoms with van der Waals surface area (Å²) in [7, 11) is 0. The molecule has 1 atom stereocenters. The van der Waals surface area contributed by atoms with Crippen LogP contribution in [0.2, 0.25) is 0 Å². The molecule has 0 aromatic carbocycles. The van der Waals surface area contributed by atoms with E-state index >= 15 is 0 Å². The number of aliphatic hydroxyl groups is 3. The third kappa shape index (κ3) is 4.67. The second kappa shape index (κ2) is 10.2. The van der Waals surface area contributed by atoms with Crippen LogP contribution >= 0.6 is 0 Å². The minimum absolute atomic E-state index is 0.167. The number of hydrogen-bond acceptors (Lipinski definition) is 5. The zero-order chi connectivity index (χ0) is 17.2. The molecule has 0 spiro atoms. The van der Waals surface area contributed by atoms with Crippen molar-refractivity contribution in [3.05, 3.63) is 0 Å². The molecule has 5 nitrogen and oxygen atoms in total. The van der Waals surface area contributed by atoms with Gasteiger partial charge in [-0.05, 0) is 25.2 Å². The van der Waals surface area contributed by atoms with E-state index in [9.17, 15) is 20.1 Å². The molecule has 0 aliphatic heterocycles. The van der Waals surface area contributed by atoms with E-state index in [0.717, 1.165) is 19.3 Å². The fourth-order valence-corrected chi connectivity index (χ4v) is 3.15. The summed E-state index contributed by atoms with van der Waals surface area (Å²) < 4.78 is 5.44. The van der Waals surface area contributed by atoms with E-state index in [1.807, 2.05) is 13.8 Å². The van der Waals surface area contributed by atoms with Crippen LogP contribution in [0.25, 0.3) is 0 Å². The highest BCUT2D eigenvalue weighted by Gasteiger charge is 2.43. The fraction of sp³-hybridized carbons (Fsp3) is 0.941. The number of ether oxygens (including phenoxy) is 1. The predicted molar refractivity (Wildman–Crippen MR) is 86.4 cm³/mol. The Labute approximate surface area is 134 Å². The Hall–Kier alpha value is -0.650. The fourth-order valence-electron chi connectivity index (χ4n) is 3.15. The standard InChI is InChI=1S/C17H34O5/c1-5-9-14(6-2)17(7-3,8-4)15(21)22-13-16(10-18,11-19)12-20/h14,18-20H,5-13H2,1-4H3. The molecule has 0 aromatic heterocycles. The molecule has 132 valence electrons. The van der Waals surface area contributed by atoms with Crippen LogP contribution in [0.4, 0.5) is 0 Å². The normalized spacial score (nSPS) is 14.0. The average Bonchev–Trinajstić information content (AvgIpc) is 2.57. The van der Waals surface area contributed by atoms with E-state index in [1.54, 1.807) is 0 Å². The molecule has 0 saturated carbocycles. The van der Waals surface area contributed by atoms with Crippen LogP contribution in [0.5, 0.6) is 0 Å². The van der Waals surface area contributed by atoms with Crippen LogP contribution in [0.15, 0.2) is 0 Å². The van der Waals surface area contributed by atoms with Crippen LogP contribution < -0.4 is 0 Å². The molecule has 0 amide bonds. The number of hydrogen-bond donors (Lipinski definition) is 3. The summed E-state index contributed by atoms with van der Waals surface area (Å²) in [6.45, 7) is 6.76. The molecule has 0 aliphatic rings. The molecule has 3 N–H and O–H groups in total. The van der Waals surface area contributed by atoms with E-state index < -0.39 is 30.7 Å². The first-order chi connectivity index (χ1) is 10.5. The Kier molecular flexibility index (Phi) is 9.89. The SMILES string of the molecule is CCCC(CC)C(CC)(CC)C(=O)OCC(CO)(CO)CO. The molecular formula is C17H34O5. The quantitative estimate of drug-likeness (QED) is 0.480. The molecule has 1 unspecified atom stereocenters.